The van der Waals surface area contributed by atoms with Gasteiger partial charge in [0.05, 0.1) is 0 Å². The van der Waals surface area contributed by atoms with Gasteiger partial charge in [0.1, 0.15) is 5.82 Å². The second-order valence-corrected chi connectivity index (χ2v) is 4.84. The Kier molecular flexibility index (Phi) is 3.81. The minimum Gasteiger partial charge on any atom is -0.366 e. The number of primary amides is 1. The molecule has 5 nitrogen and oxygen atoms in total. The van der Waals surface area contributed by atoms with E-state index in [0.717, 1.165) is 18.7 Å². The van der Waals surface area contributed by atoms with Gasteiger partial charge in [-0.1, -0.05) is 0 Å². The van der Waals surface area contributed by atoms with E-state index in [0.29, 0.717) is 24.2 Å². The average Bonchev–Trinajstić information content (AvgIpc) is 2.38. The molecular weight excluding hydrogens is 228 g/mol. The Balaban J connectivity index is 2.32. The van der Waals surface area contributed by atoms with Gasteiger partial charge in [0.15, 0.2) is 0 Å². The summed E-state index contributed by atoms with van der Waals surface area (Å²) in [7, 11) is 0. The smallest absolute Gasteiger partial charge is 0.248 e. The van der Waals surface area contributed by atoms with E-state index in [1.165, 1.54) is 6.42 Å². The number of amides is 1. The molecule has 0 bridgehead atoms. The highest BCUT2D eigenvalue weighted by molar-refractivity contribution is 5.93. The lowest BCUT2D eigenvalue weighted by molar-refractivity contribution is 0.1000. The standard InChI is InChI=1S/C13H20N4O/c1-9-3-2-4-11(8-14)17(9)12-7-10(13(15)18)5-6-16-12/h5-7,9,11H,2-4,8,14H2,1H3,(H2,15,18). The number of nitrogens with two attached hydrogens (primary N) is 2. The van der Waals surface area contributed by atoms with E-state index in [1.54, 1.807) is 18.3 Å². The molecule has 1 saturated heterocycles. The largest absolute Gasteiger partial charge is 0.366 e. The Morgan fingerprint density at radius 3 is 3.00 bits per heavy atom. The van der Waals surface area contributed by atoms with Crippen molar-refractivity contribution in [1.82, 2.24) is 4.98 Å². The minimum absolute atomic E-state index is 0.296. The third-order valence-corrected chi connectivity index (χ3v) is 3.59. The van der Waals surface area contributed by atoms with Crippen LogP contribution in [0.4, 0.5) is 5.82 Å². The quantitative estimate of drug-likeness (QED) is 0.831. The van der Waals surface area contributed by atoms with Gasteiger partial charge in [0, 0.05) is 30.4 Å². The van der Waals surface area contributed by atoms with Crippen molar-refractivity contribution in [3.63, 3.8) is 0 Å². The highest BCUT2D eigenvalue weighted by atomic mass is 16.1. The summed E-state index contributed by atoms with van der Waals surface area (Å²) in [6, 6.07) is 4.08. The fourth-order valence-corrected chi connectivity index (χ4v) is 2.64. The van der Waals surface area contributed by atoms with Crippen molar-refractivity contribution in [2.75, 3.05) is 11.4 Å². The molecule has 0 aromatic carbocycles. The Morgan fingerprint density at radius 2 is 2.33 bits per heavy atom. The highest BCUT2D eigenvalue weighted by Crippen LogP contribution is 2.27. The van der Waals surface area contributed by atoms with Crippen molar-refractivity contribution in [1.29, 1.82) is 0 Å². The SMILES string of the molecule is CC1CCCC(CN)N1c1cc(C(N)=O)ccn1. The molecule has 0 spiro atoms. The van der Waals surface area contributed by atoms with Crippen molar-refractivity contribution >= 4 is 11.7 Å². The van der Waals surface area contributed by atoms with Gasteiger partial charge in [-0.25, -0.2) is 4.98 Å². The fourth-order valence-electron chi connectivity index (χ4n) is 2.64. The zero-order valence-electron chi connectivity index (χ0n) is 10.7. The van der Waals surface area contributed by atoms with Crippen molar-refractivity contribution in [2.45, 2.75) is 38.3 Å². The summed E-state index contributed by atoms with van der Waals surface area (Å²) in [5, 5.41) is 0. The van der Waals surface area contributed by atoms with Gasteiger partial charge in [-0.2, -0.15) is 0 Å². The van der Waals surface area contributed by atoms with Crippen LogP contribution < -0.4 is 16.4 Å². The molecule has 1 aromatic heterocycles. The summed E-state index contributed by atoms with van der Waals surface area (Å²) >= 11 is 0. The van der Waals surface area contributed by atoms with Gasteiger partial charge >= 0.3 is 0 Å². The first kappa shape index (κ1) is 12.8. The number of anilines is 1. The van der Waals surface area contributed by atoms with Crippen LogP contribution in [0.1, 0.15) is 36.5 Å². The van der Waals surface area contributed by atoms with Crippen LogP contribution in [0.3, 0.4) is 0 Å². The Bertz CT molecular complexity index is 435. The van der Waals surface area contributed by atoms with E-state index in [2.05, 4.69) is 16.8 Å². The van der Waals surface area contributed by atoms with Gasteiger partial charge in [-0.3, -0.25) is 4.79 Å². The lowest BCUT2D eigenvalue weighted by Gasteiger charge is -2.41. The molecule has 2 rings (SSSR count). The topological polar surface area (TPSA) is 85.2 Å². The molecule has 2 heterocycles. The number of nitrogens with zero attached hydrogens (tertiary/aromatic N) is 2. The molecule has 98 valence electrons. The first-order valence-corrected chi connectivity index (χ1v) is 6.37. The Morgan fingerprint density at radius 1 is 1.56 bits per heavy atom. The van der Waals surface area contributed by atoms with Gasteiger partial charge in [0.2, 0.25) is 5.91 Å². The summed E-state index contributed by atoms with van der Waals surface area (Å²) in [6.45, 7) is 2.77. The minimum atomic E-state index is -0.424. The molecule has 18 heavy (non-hydrogen) atoms. The normalized spacial score (nSPS) is 24.0. The number of aromatic nitrogens is 1. The third kappa shape index (κ3) is 2.46. The molecule has 0 saturated carbocycles. The van der Waals surface area contributed by atoms with Gasteiger partial charge in [0.25, 0.3) is 0 Å². The molecule has 0 radical (unpaired) electrons. The van der Waals surface area contributed by atoms with E-state index in [4.69, 9.17) is 11.5 Å². The molecule has 5 heteroatoms. The predicted molar refractivity (Wildman–Crippen MR) is 71.4 cm³/mol. The summed E-state index contributed by atoms with van der Waals surface area (Å²) in [5.74, 6) is 0.376. The first-order chi connectivity index (χ1) is 8.63. The van der Waals surface area contributed by atoms with Crippen LogP contribution >= 0.6 is 0 Å². The molecule has 1 aliphatic rings. The Labute approximate surface area is 107 Å². The van der Waals surface area contributed by atoms with Gasteiger partial charge in [-0.05, 0) is 38.3 Å². The molecule has 4 N–H and O–H groups in total. The molecule has 2 unspecified atom stereocenters. The van der Waals surface area contributed by atoms with Crippen LogP contribution in [0, 0.1) is 0 Å². The molecule has 1 amide bonds. The van der Waals surface area contributed by atoms with Crippen molar-refractivity contribution < 1.29 is 4.79 Å². The number of hydrogen-bond donors (Lipinski definition) is 2. The van der Waals surface area contributed by atoms with Crippen LogP contribution in [0.5, 0.6) is 0 Å². The van der Waals surface area contributed by atoms with Crippen LogP contribution in [0.25, 0.3) is 0 Å². The fraction of sp³-hybridized carbons (Fsp3) is 0.538. The molecule has 2 atom stereocenters. The Hall–Kier alpha value is -1.62. The second-order valence-electron chi connectivity index (χ2n) is 4.84. The maximum absolute atomic E-state index is 11.2. The lowest BCUT2D eigenvalue weighted by atomic mass is 9.96. The predicted octanol–water partition coefficient (Wildman–Crippen LogP) is 0.887. The third-order valence-electron chi connectivity index (χ3n) is 3.59. The number of carbonyl (C=O) groups is 1. The average molecular weight is 248 g/mol. The number of hydrogen-bond acceptors (Lipinski definition) is 4. The zero-order valence-corrected chi connectivity index (χ0v) is 10.7. The van der Waals surface area contributed by atoms with Crippen LogP contribution in [-0.4, -0.2) is 29.5 Å². The number of pyridine rings is 1. The summed E-state index contributed by atoms with van der Waals surface area (Å²) in [5.41, 5.74) is 11.6. The van der Waals surface area contributed by atoms with Crippen LogP contribution in [0.2, 0.25) is 0 Å². The monoisotopic (exact) mass is 248 g/mol. The van der Waals surface area contributed by atoms with E-state index >= 15 is 0 Å². The summed E-state index contributed by atoms with van der Waals surface area (Å²) < 4.78 is 0. The number of rotatable bonds is 3. The molecule has 1 aromatic rings. The maximum Gasteiger partial charge on any atom is 0.248 e. The molecular formula is C13H20N4O. The van der Waals surface area contributed by atoms with Crippen molar-refractivity contribution in [3.8, 4) is 0 Å². The highest BCUT2D eigenvalue weighted by Gasteiger charge is 2.28. The zero-order chi connectivity index (χ0) is 13.1. The van der Waals surface area contributed by atoms with E-state index in [9.17, 15) is 4.79 Å². The van der Waals surface area contributed by atoms with Crippen molar-refractivity contribution in [3.05, 3.63) is 23.9 Å². The molecule has 1 aliphatic heterocycles. The van der Waals surface area contributed by atoms with Crippen LogP contribution in [-0.2, 0) is 0 Å². The number of carbonyl (C=O) groups excluding carboxylic acids is 1. The second kappa shape index (κ2) is 5.35. The lowest BCUT2D eigenvalue weighted by Crippen LogP contribution is -2.49. The van der Waals surface area contributed by atoms with Crippen LogP contribution in [0.15, 0.2) is 18.3 Å². The summed E-state index contributed by atoms with van der Waals surface area (Å²) in [6.07, 6.45) is 5.02. The van der Waals surface area contributed by atoms with Gasteiger partial charge < -0.3 is 16.4 Å². The maximum atomic E-state index is 11.2. The molecule has 1 fully saturated rings. The van der Waals surface area contributed by atoms with E-state index < -0.39 is 5.91 Å². The molecule has 0 aliphatic carbocycles. The van der Waals surface area contributed by atoms with Crippen molar-refractivity contribution in [2.24, 2.45) is 11.5 Å². The summed E-state index contributed by atoms with van der Waals surface area (Å²) in [4.78, 5) is 17.8. The van der Waals surface area contributed by atoms with Gasteiger partial charge in [-0.15, -0.1) is 0 Å². The first-order valence-electron chi connectivity index (χ1n) is 6.37. The van der Waals surface area contributed by atoms with E-state index in [-0.39, 0.29) is 0 Å². The number of piperidine rings is 1. The van der Waals surface area contributed by atoms with E-state index in [1.807, 2.05) is 0 Å².